The lowest BCUT2D eigenvalue weighted by Crippen LogP contribution is -2.45. The summed E-state index contributed by atoms with van der Waals surface area (Å²) in [4.78, 5) is 34.8. The molecule has 0 aromatic carbocycles. The second-order valence-corrected chi connectivity index (χ2v) is 6.80. The summed E-state index contributed by atoms with van der Waals surface area (Å²) in [6, 6.07) is -0.694. The van der Waals surface area contributed by atoms with Crippen molar-refractivity contribution in [2.75, 3.05) is 73.0 Å². The van der Waals surface area contributed by atoms with Crippen LogP contribution in [0.25, 0.3) is 0 Å². The molecule has 31 heavy (non-hydrogen) atoms. The minimum atomic E-state index is -0.694. The van der Waals surface area contributed by atoms with E-state index >= 15 is 0 Å². The van der Waals surface area contributed by atoms with E-state index < -0.39 is 17.9 Å². The molecule has 0 unspecified atom stereocenters. The summed E-state index contributed by atoms with van der Waals surface area (Å²) in [7, 11) is 1.85. The minimum absolute atomic E-state index is 0.0184. The highest BCUT2D eigenvalue weighted by molar-refractivity contribution is 5.86. The first-order chi connectivity index (χ1) is 15.0. The van der Waals surface area contributed by atoms with Gasteiger partial charge in [0.25, 0.3) is 0 Å². The van der Waals surface area contributed by atoms with Crippen molar-refractivity contribution in [3.05, 3.63) is 0 Å². The van der Waals surface area contributed by atoms with E-state index in [2.05, 4.69) is 16.0 Å². The second-order valence-electron chi connectivity index (χ2n) is 6.80. The molecule has 0 aromatic heterocycles. The largest absolute Gasteiger partial charge is 0.379 e. The SMILES string of the molecule is CCCOCCOCC(=O)NCCOCCOCC(=O)N[C@H](CCCCNC)C(N)=O. The molecule has 1 atom stereocenters. The van der Waals surface area contributed by atoms with Crippen LogP contribution in [0.1, 0.15) is 32.6 Å². The van der Waals surface area contributed by atoms with Crippen molar-refractivity contribution in [1.29, 1.82) is 0 Å². The molecule has 0 bridgehead atoms. The fourth-order valence-electron chi connectivity index (χ4n) is 2.40. The Labute approximate surface area is 185 Å². The Morgan fingerprint density at radius 2 is 1.42 bits per heavy atom. The smallest absolute Gasteiger partial charge is 0.246 e. The standard InChI is InChI=1S/C20H40N4O7/c1-3-9-28-11-13-30-15-18(25)23-8-10-29-12-14-31-16-19(26)24-17(20(21)27)6-4-5-7-22-2/h17,22H,3-16H2,1-2H3,(H2,21,27)(H,23,25)(H,24,26)/t17-/m1/s1. The van der Waals surface area contributed by atoms with Crippen LogP contribution in [0.15, 0.2) is 0 Å². The molecule has 0 aromatic rings. The predicted octanol–water partition coefficient (Wildman–Crippen LogP) is -1.06. The number of amides is 3. The fourth-order valence-corrected chi connectivity index (χ4v) is 2.40. The number of unbranched alkanes of at least 4 members (excludes halogenated alkanes) is 1. The van der Waals surface area contributed by atoms with Crippen LogP contribution in [-0.4, -0.2) is 96.8 Å². The van der Waals surface area contributed by atoms with E-state index in [1.807, 2.05) is 14.0 Å². The molecule has 0 fully saturated rings. The lowest BCUT2D eigenvalue weighted by atomic mass is 10.1. The summed E-state index contributed by atoms with van der Waals surface area (Å²) < 4.78 is 21.0. The molecule has 0 spiro atoms. The van der Waals surface area contributed by atoms with Gasteiger partial charge in [-0.05, 0) is 39.3 Å². The van der Waals surface area contributed by atoms with Gasteiger partial charge >= 0.3 is 0 Å². The van der Waals surface area contributed by atoms with Crippen LogP contribution in [0.2, 0.25) is 0 Å². The number of hydrogen-bond acceptors (Lipinski definition) is 8. The van der Waals surface area contributed by atoms with E-state index in [1.165, 1.54) is 0 Å². The maximum Gasteiger partial charge on any atom is 0.246 e. The van der Waals surface area contributed by atoms with Gasteiger partial charge in [0.05, 0.1) is 33.0 Å². The van der Waals surface area contributed by atoms with E-state index in [9.17, 15) is 14.4 Å². The maximum atomic E-state index is 11.9. The fraction of sp³-hybridized carbons (Fsp3) is 0.850. The summed E-state index contributed by atoms with van der Waals surface area (Å²) in [6.45, 7) is 5.36. The van der Waals surface area contributed by atoms with Gasteiger partial charge in [0, 0.05) is 13.2 Å². The molecule has 182 valence electrons. The first-order valence-corrected chi connectivity index (χ1v) is 10.8. The first kappa shape index (κ1) is 29.2. The van der Waals surface area contributed by atoms with E-state index in [1.54, 1.807) is 0 Å². The van der Waals surface area contributed by atoms with Gasteiger partial charge in [0.15, 0.2) is 0 Å². The Kier molecular flexibility index (Phi) is 20.2. The van der Waals surface area contributed by atoms with E-state index in [0.717, 1.165) is 25.8 Å². The zero-order valence-corrected chi connectivity index (χ0v) is 18.9. The lowest BCUT2D eigenvalue weighted by Gasteiger charge is -2.15. The molecule has 0 saturated heterocycles. The van der Waals surface area contributed by atoms with Crippen molar-refractivity contribution in [1.82, 2.24) is 16.0 Å². The Morgan fingerprint density at radius 1 is 0.806 bits per heavy atom. The number of carbonyl (C=O) groups is 3. The molecule has 0 heterocycles. The number of carbonyl (C=O) groups excluding carboxylic acids is 3. The molecule has 0 radical (unpaired) electrons. The minimum Gasteiger partial charge on any atom is -0.379 e. The molecular weight excluding hydrogens is 408 g/mol. The van der Waals surface area contributed by atoms with Gasteiger partial charge in [-0.2, -0.15) is 0 Å². The molecular formula is C20H40N4O7. The van der Waals surface area contributed by atoms with Crippen LogP contribution in [0.3, 0.4) is 0 Å². The van der Waals surface area contributed by atoms with Crippen molar-refractivity contribution in [2.24, 2.45) is 5.73 Å². The third-order valence-corrected chi connectivity index (χ3v) is 3.98. The summed E-state index contributed by atoms with van der Waals surface area (Å²) >= 11 is 0. The summed E-state index contributed by atoms with van der Waals surface area (Å²) in [5, 5.41) is 8.27. The van der Waals surface area contributed by atoms with E-state index in [-0.39, 0.29) is 32.3 Å². The molecule has 0 aliphatic rings. The average molecular weight is 449 g/mol. The van der Waals surface area contributed by atoms with Crippen LogP contribution < -0.4 is 21.7 Å². The van der Waals surface area contributed by atoms with Gasteiger partial charge in [-0.25, -0.2) is 0 Å². The van der Waals surface area contributed by atoms with Crippen molar-refractivity contribution >= 4 is 17.7 Å². The third-order valence-electron chi connectivity index (χ3n) is 3.98. The normalized spacial score (nSPS) is 11.8. The van der Waals surface area contributed by atoms with Crippen molar-refractivity contribution < 1.29 is 33.3 Å². The number of primary amides is 1. The Hall–Kier alpha value is -1.79. The van der Waals surface area contributed by atoms with Gasteiger partial charge < -0.3 is 40.6 Å². The Bertz CT molecular complexity index is 480. The molecule has 3 amide bonds. The van der Waals surface area contributed by atoms with Crippen LogP contribution in [-0.2, 0) is 33.3 Å². The van der Waals surface area contributed by atoms with Gasteiger partial charge in [-0.3, -0.25) is 14.4 Å². The molecule has 0 saturated carbocycles. The van der Waals surface area contributed by atoms with Gasteiger partial charge in [0.2, 0.25) is 17.7 Å². The van der Waals surface area contributed by atoms with Crippen LogP contribution in [0, 0.1) is 0 Å². The summed E-state index contributed by atoms with van der Waals surface area (Å²) in [6.07, 6.45) is 3.12. The number of nitrogens with one attached hydrogen (secondary N) is 3. The van der Waals surface area contributed by atoms with Crippen molar-refractivity contribution in [3.8, 4) is 0 Å². The zero-order chi connectivity index (χ0) is 23.2. The number of ether oxygens (including phenoxy) is 4. The van der Waals surface area contributed by atoms with Gasteiger partial charge in [0.1, 0.15) is 19.3 Å². The molecule has 11 heteroatoms. The number of nitrogens with two attached hydrogens (primary N) is 1. The molecule has 5 N–H and O–H groups in total. The van der Waals surface area contributed by atoms with E-state index in [0.29, 0.717) is 39.4 Å². The molecule has 0 aliphatic carbocycles. The van der Waals surface area contributed by atoms with Crippen molar-refractivity contribution in [2.45, 2.75) is 38.6 Å². The molecule has 0 rings (SSSR count). The Balaban J connectivity index is 3.58. The van der Waals surface area contributed by atoms with Crippen molar-refractivity contribution in [3.63, 3.8) is 0 Å². The lowest BCUT2D eigenvalue weighted by molar-refractivity contribution is -0.131. The van der Waals surface area contributed by atoms with Gasteiger partial charge in [-0.15, -0.1) is 0 Å². The topological polar surface area (TPSA) is 150 Å². The Morgan fingerprint density at radius 3 is 2.03 bits per heavy atom. The molecule has 0 aliphatic heterocycles. The van der Waals surface area contributed by atoms with Crippen LogP contribution in [0.5, 0.6) is 0 Å². The third kappa shape index (κ3) is 19.9. The monoisotopic (exact) mass is 448 g/mol. The first-order valence-electron chi connectivity index (χ1n) is 10.8. The highest BCUT2D eigenvalue weighted by Gasteiger charge is 2.17. The maximum absolute atomic E-state index is 11.9. The zero-order valence-electron chi connectivity index (χ0n) is 18.9. The number of rotatable bonds is 22. The predicted molar refractivity (Wildman–Crippen MR) is 115 cm³/mol. The van der Waals surface area contributed by atoms with Crippen LogP contribution in [0.4, 0.5) is 0 Å². The summed E-state index contributed by atoms with van der Waals surface area (Å²) in [5.41, 5.74) is 5.32. The average Bonchev–Trinajstić information content (AvgIpc) is 2.74. The van der Waals surface area contributed by atoms with E-state index in [4.69, 9.17) is 24.7 Å². The van der Waals surface area contributed by atoms with Crippen LogP contribution >= 0.6 is 0 Å². The second kappa shape index (κ2) is 21.4. The summed E-state index contributed by atoms with van der Waals surface area (Å²) in [5.74, 6) is -1.18. The quantitative estimate of drug-likeness (QED) is 0.153. The molecule has 11 nitrogen and oxygen atoms in total. The number of hydrogen-bond donors (Lipinski definition) is 4. The van der Waals surface area contributed by atoms with Gasteiger partial charge in [-0.1, -0.05) is 6.92 Å². The highest BCUT2D eigenvalue weighted by Crippen LogP contribution is 2.00. The highest BCUT2D eigenvalue weighted by atomic mass is 16.5.